The van der Waals surface area contributed by atoms with Crippen LogP contribution in [0.3, 0.4) is 0 Å². The molecule has 0 bridgehead atoms. The third-order valence-corrected chi connectivity index (χ3v) is 31.7. The normalized spacial score (nSPS) is 15.1. The van der Waals surface area contributed by atoms with Gasteiger partial charge in [-0.15, -0.1) is 0 Å². The Kier molecular flexibility index (Phi) is 13.5. The minimum absolute atomic E-state index is 0.296. The van der Waals surface area contributed by atoms with Crippen molar-refractivity contribution in [2.75, 3.05) is 0 Å². The summed E-state index contributed by atoms with van der Waals surface area (Å²) < 4.78 is 36.9. The summed E-state index contributed by atoms with van der Waals surface area (Å²) in [7, 11) is -11.5. The average molecular weight is 567 g/mol. The van der Waals surface area contributed by atoms with Crippen LogP contribution in [0.2, 0.25) is 49.9 Å². The van der Waals surface area contributed by atoms with E-state index in [1.165, 1.54) is 0 Å². The summed E-state index contributed by atoms with van der Waals surface area (Å²) in [5, 5.41) is 0. The summed E-state index contributed by atoms with van der Waals surface area (Å²) in [4.78, 5) is 0. The van der Waals surface area contributed by atoms with Crippen LogP contribution in [0.1, 0.15) is 125 Å². The molecule has 0 heterocycles. The van der Waals surface area contributed by atoms with Crippen molar-refractivity contribution in [3.8, 4) is 0 Å². The van der Waals surface area contributed by atoms with E-state index >= 15 is 4.57 Å². The maximum absolute atomic E-state index is 15.4. The molecule has 0 unspecified atom stereocenters. The van der Waals surface area contributed by atoms with Crippen molar-refractivity contribution in [3.05, 3.63) is 0 Å². The van der Waals surface area contributed by atoms with Crippen LogP contribution in [0.25, 0.3) is 0 Å². The monoisotopic (exact) mass is 566 g/mol. The Morgan fingerprint density at radius 1 is 0.343 bits per heavy atom. The van der Waals surface area contributed by atoms with Crippen LogP contribution in [0.4, 0.5) is 0 Å². The molecule has 0 aliphatic heterocycles. The van der Waals surface area contributed by atoms with Crippen LogP contribution in [0.15, 0.2) is 0 Å². The van der Waals surface area contributed by atoms with E-state index in [4.69, 9.17) is 12.6 Å². The van der Waals surface area contributed by atoms with E-state index in [1.54, 1.807) is 0 Å². The highest BCUT2D eigenvalue weighted by Gasteiger charge is 2.60. The molecule has 35 heavy (non-hydrogen) atoms. The number of hydrogen-bond donors (Lipinski definition) is 0. The minimum Gasteiger partial charge on any atom is -0.330 e. The summed E-state index contributed by atoms with van der Waals surface area (Å²) in [5.41, 5.74) is 2.66. The van der Waals surface area contributed by atoms with Gasteiger partial charge in [0.1, 0.15) is 0 Å². The quantitative estimate of drug-likeness (QED) is 0.146. The molecule has 0 aromatic rings. The van der Waals surface area contributed by atoms with Crippen molar-refractivity contribution in [2.24, 2.45) is 0 Å². The highest BCUT2D eigenvalue weighted by atomic mass is 31.2. The summed E-state index contributed by atoms with van der Waals surface area (Å²) in [5.74, 6) is 0. The van der Waals surface area contributed by atoms with Crippen molar-refractivity contribution in [1.82, 2.24) is 0 Å². The largest absolute Gasteiger partial charge is 0.445 e. The Morgan fingerprint density at radius 2 is 0.457 bits per heavy atom. The Morgan fingerprint density at radius 3 is 0.543 bits per heavy atom. The first kappa shape index (κ1) is 35.8. The maximum Gasteiger partial charge on any atom is 0.445 e. The molecule has 4 nitrogen and oxygen atoms in total. The van der Waals surface area contributed by atoms with Gasteiger partial charge in [0.15, 0.2) is 0 Å². The molecule has 0 aliphatic rings. The van der Waals surface area contributed by atoms with Crippen molar-refractivity contribution in [3.63, 3.8) is 0 Å². The third kappa shape index (κ3) is 7.05. The third-order valence-electron chi connectivity index (χ3n) is 8.93. The summed E-state index contributed by atoms with van der Waals surface area (Å²) in [6.07, 6.45) is 0. The highest BCUT2D eigenvalue weighted by molar-refractivity contribution is 7.54. The molecule has 0 aliphatic carbocycles. The van der Waals surface area contributed by atoms with Crippen molar-refractivity contribution in [1.29, 1.82) is 0 Å². The molecule has 0 atom stereocenters. The van der Waals surface area contributed by atoms with E-state index in [9.17, 15) is 0 Å². The first-order valence-corrected chi connectivity index (χ1v) is 22.2. The van der Waals surface area contributed by atoms with Crippen LogP contribution in [0, 0.1) is 0 Å². The van der Waals surface area contributed by atoms with Gasteiger partial charge in [-0.05, 0) is 49.9 Å². The van der Waals surface area contributed by atoms with E-state index in [0.29, 0.717) is 49.9 Å². The summed E-state index contributed by atoms with van der Waals surface area (Å²) in [6, 6.07) is 0. The SMILES string of the molecule is CC(C)[Si](OP(=O)(O[Si](C(C)C)(C(C)C)C(C)C)O[Si](C(C)C)(C(C)C)C(C)C)(C(C)C)C(C)C. The van der Waals surface area contributed by atoms with Crippen LogP contribution >= 0.6 is 7.82 Å². The van der Waals surface area contributed by atoms with Crippen molar-refractivity contribution < 1.29 is 17.2 Å². The molecule has 212 valence electrons. The molecule has 0 saturated carbocycles. The fourth-order valence-corrected chi connectivity index (χ4v) is 33.3. The zero-order chi connectivity index (χ0) is 28.3. The number of rotatable bonds is 15. The lowest BCUT2D eigenvalue weighted by atomic mass is 10.5. The minimum atomic E-state index is -3.88. The topological polar surface area (TPSA) is 44.8 Å². The van der Waals surface area contributed by atoms with Crippen molar-refractivity contribution in [2.45, 2.75) is 174 Å². The fraction of sp³-hybridized carbons (Fsp3) is 1.00. The van der Waals surface area contributed by atoms with Gasteiger partial charge in [0.2, 0.25) is 25.0 Å². The van der Waals surface area contributed by atoms with Gasteiger partial charge in [-0.2, -0.15) is 0 Å². The maximum atomic E-state index is 15.4. The molecule has 0 amide bonds. The second-order valence-electron chi connectivity index (χ2n) is 13.7. The van der Waals surface area contributed by atoms with E-state index in [2.05, 4.69) is 125 Å². The predicted molar refractivity (Wildman–Crippen MR) is 164 cm³/mol. The van der Waals surface area contributed by atoms with Gasteiger partial charge in [-0.25, -0.2) is 4.57 Å². The molecule has 0 fully saturated rings. The van der Waals surface area contributed by atoms with Gasteiger partial charge in [-0.3, -0.25) is 0 Å². The molecular weight excluding hydrogens is 504 g/mol. The Labute approximate surface area is 224 Å². The van der Waals surface area contributed by atoms with Crippen LogP contribution in [0.5, 0.6) is 0 Å². The van der Waals surface area contributed by atoms with E-state index < -0.39 is 32.8 Å². The lowest BCUT2D eigenvalue weighted by Crippen LogP contribution is -2.53. The van der Waals surface area contributed by atoms with Gasteiger partial charge >= 0.3 is 7.82 Å². The molecule has 0 aromatic carbocycles. The van der Waals surface area contributed by atoms with Crippen LogP contribution in [-0.4, -0.2) is 25.0 Å². The Hall–Kier alpha value is 0.761. The van der Waals surface area contributed by atoms with Gasteiger partial charge in [0, 0.05) is 0 Å². The second kappa shape index (κ2) is 13.2. The van der Waals surface area contributed by atoms with Gasteiger partial charge in [-0.1, -0.05) is 125 Å². The lowest BCUT2D eigenvalue weighted by molar-refractivity contribution is 0.260. The molecule has 0 spiro atoms. The first-order chi connectivity index (χ1) is 15.6. The van der Waals surface area contributed by atoms with E-state index in [0.717, 1.165) is 0 Å². The second-order valence-corrected chi connectivity index (χ2v) is 32.3. The fourth-order valence-electron chi connectivity index (χ4n) is 7.59. The zero-order valence-corrected chi connectivity index (χ0v) is 30.7. The smallest absolute Gasteiger partial charge is 0.330 e. The Bertz CT molecular complexity index is 532. The van der Waals surface area contributed by atoms with Crippen LogP contribution < -0.4 is 0 Å². The summed E-state index contributed by atoms with van der Waals surface area (Å²) in [6.45, 7) is 40.4. The average Bonchev–Trinajstić information content (AvgIpc) is 2.66. The summed E-state index contributed by atoms with van der Waals surface area (Å²) >= 11 is 0. The molecular formula is C27H63O4PSi3. The van der Waals surface area contributed by atoms with Crippen molar-refractivity contribution >= 4 is 32.8 Å². The number of phosphoric acid groups is 1. The molecule has 8 heteroatoms. The number of hydrogen-bond acceptors (Lipinski definition) is 4. The molecule has 0 radical (unpaired) electrons. The van der Waals surface area contributed by atoms with E-state index in [1.807, 2.05) is 0 Å². The standard InChI is InChI=1S/C27H63O4PSi3/c1-19(2)33(20(3)4,21(5)6)29-32(28,30-34(22(7)8,23(9)10)24(11)12)31-35(25(13)14,26(15)16)27(17)18/h19-27H,1-18H3. The lowest BCUT2D eigenvalue weighted by Gasteiger charge is -2.51. The highest BCUT2D eigenvalue weighted by Crippen LogP contribution is 2.66. The molecule has 0 aromatic heterocycles. The first-order valence-electron chi connectivity index (χ1n) is 14.3. The van der Waals surface area contributed by atoms with E-state index in [-0.39, 0.29) is 0 Å². The van der Waals surface area contributed by atoms with Crippen LogP contribution in [-0.2, 0) is 17.2 Å². The Balaban J connectivity index is 7.38. The zero-order valence-electron chi connectivity index (χ0n) is 26.8. The van der Waals surface area contributed by atoms with Gasteiger partial charge in [0.05, 0.1) is 0 Å². The van der Waals surface area contributed by atoms with Gasteiger partial charge < -0.3 is 12.6 Å². The van der Waals surface area contributed by atoms with Gasteiger partial charge in [0.25, 0.3) is 0 Å². The molecule has 0 saturated heterocycles. The molecule has 0 N–H and O–H groups in total. The molecule has 0 rings (SSSR count). The predicted octanol–water partition coefficient (Wildman–Crippen LogP) is 11.7.